The Morgan fingerprint density at radius 3 is 2.47 bits per heavy atom. The second kappa shape index (κ2) is 4.73. The summed E-state index contributed by atoms with van der Waals surface area (Å²) in [6, 6.07) is 3.17. The number of hydrogen-bond donors (Lipinski definition) is 0. The first kappa shape index (κ1) is 13.5. The van der Waals surface area contributed by atoms with E-state index in [1.807, 2.05) is 20.8 Å². The van der Waals surface area contributed by atoms with Crippen LogP contribution in [0.2, 0.25) is 0 Å². The molecule has 0 aliphatic heterocycles. The molecule has 0 fully saturated rings. The zero-order chi connectivity index (χ0) is 13.2. The third-order valence-corrected chi connectivity index (χ3v) is 2.86. The van der Waals surface area contributed by atoms with Gasteiger partial charge in [-0.15, -0.1) is 0 Å². The summed E-state index contributed by atoms with van der Waals surface area (Å²) in [6.07, 6.45) is 0. The monoisotopic (exact) mass is 298 g/mol. The molecule has 0 heterocycles. The van der Waals surface area contributed by atoms with Crippen LogP contribution in [-0.4, -0.2) is 4.92 Å². The highest BCUT2D eigenvalue weighted by molar-refractivity contribution is 9.10. The van der Waals surface area contributed by atoms with E-state index < -0.39 is 4.92 Å². The van der Waals surface area contributed by atoms with Crippen LogP contribution in [0.3, 0.4) is 0 Å². The molecule has 7 heteroatoms. The van der Waals surface area contributed by atoms with Gasteiger partial charge in [-0.2, -0.15) is 0 Å². The zero-order valence-corrected chi connectivity index (χ0v) is 11.2. The van der Waals surface area contributed by atoms with Crippen molar-refractivity contribution < 1.29 is 4.92 Å². The Labute approximate surface area is 107 Å². The average molecular weight is 299 g/mol. The normalized spacial score (nSPS) is 10.8. The Morgan fingerprint density at radius 1 is 1.47 bits per heavy atom. The van der Waals surface area contributed by atoms with E-state index in [2.05, 4.69) is 26.0 Å². The van der Waals surface area contributed by atoms with Gasteiger partial charge in [-0.1, -0.05) is 41.8 Å². The molecule has 1 aromatic rings. The lowest BCUT2D eigenvalue weighted by atomic mass is 9.86. The van der Waals surface area contributed by atoms with Gasteiger partial charge in [0.1, 0.15) is 5.69 Å². The van der Waals surface area contributed by atoms with Crippen molar-refractivity contribution in [3.63, 3.8) is 0 Å². The lowest BCUT2D eigenvalue weighted by Crippen LogP contribution is -2.11. The van der Waals surface area contributed by atoms with Crippen LogP contribution in [0.4, 0.5) is 11.4 Å². The Morgan fingerprint density at radius 2 is 2.06 bits per heavy atom. The summed E-state index contributed by atoms with van der Waals surface area (Å²) >= 11 is 3.19. The number of azide groups is 1. The molecule has 0 atom stereocenters. The largest absolute Gasteiger partial charge is 0.280 e. The van der Waals surface area contributed by atoms with Gasteiger partial charge < -0.3 is 0 Å². The molecule has 6 nitrogen and oxygen atoms in total. The SMILES string of the molecule is CC(C)(C)c1cc(Br)c(N=[N+]=[N-])c([N+](=O)[O-])c1. The summed E-state index contributed by atoms with van der Waals surface area (Å²) in [6.45, 7) is 5.85. The van der Waals surface area contributed by atoms with Crippen molar-refractivity contribution in [2.45, 2.75) is 26.2 Å². The molecule has 0 aliphatic carbocycles. The van der Waals surface area contributed by atoms with Gasteiger partial charge in [-0.25, -0.2) is 0 Å². The predicted molar refractivity (Wildman–Crippen MR) is 68.3 cm³/mol. The highest BCUT2D eigenvalue weighted by Crippen LogP contribution is 2.39. The van der Waals surface area contributed by atoms with Crippen molar-refractivity contribution in [2.24, 2.45) is 5.11 Å². The summed E-state index contributed by atoms with van der Waals surface area (Å²) in [5, 5.41) is 14.3. The van der Waals surface area contributed by atoms with Crippen molar-refractivity contribution in [1.82, 2.24) is 0 Å². The fourth-order valence-electron chi connectivity index (χ4n) is 1.30. The molecule has 1 rings (SSSR count). The minimum atomic E-state index is -0.552. The summed E-state index contributed by atoms with van der Waals surface area (Å²) in [4.78, 5) is 13.0. The van der Waals surface area contributed by atoms with Crippen LogP contribution >= 0.6 is 15.9 Å². The highest BCUT2D eigenvalue weighted by Gasteiger charge is 2.22. The molecule has 0 saturated heterocycles. The summed E-state index contributed by atoms with van der Waals surface area (Å²) in [7, 11) is 0. The minimum Gasteiger partial charge on any atom is -0.258 e. The number of nitrogens with zero attached hydrogens (tertiary/aromatic N) is 4. The number of rotatable bonds is 2. The van der Waals surface area contributed by atoms with E-state index in [0.29, 0.717) is 4.47 Å². The standard InChI is InChI=1S/C10H11BrN4O2/c1-10(2,3)6-4-7(11)9(13-14-12)8(5-6)15(16)17/h4-5H,1-3H3. The third kappa shape index (κ3) is 2.95. The molecular weight excluding hydrogens is 288 g/mol. The van der Waals surface area contributed by atoms with E-state index in [4.69, 9.17) is 5.53 Å². The van der Waals surface area contributed by atoms with E-state index in [-0.39, 0.29) is 16.8 Å². The molecule has 0 unspecified atom stereocenters. The van der Waals surface area contributed by atoms with Crippen LogP contribution in [-0.2, 0) is 5.41 Å². The first-order chi connectivity index (χ1) is 7.77. The van der Waals surface area contributed by atoms with Crippen LogP contribution in [0.5, 0.6) is 0 Å². The lowest BCUT2D eigenvalue weighted by molar-refractivity contribution is -0.384. The van der Waals surface area contributed by atoms with Crippen molar-refractivity contribution in [2.75, 3.05) is 0 Å². The molecule has 0 amide bonds. The van der Waals surface area contributed by atoms with E-state index in [1.165, 1.54) is 6.07 Å². The van der Waals surface area contributed by atoms with Crippen LogP contribution in [0.1, 0.15) is 26.3 Å². The third-order valence-electron chi connectivity index (χ3n) is 2.25. The topological polar surface area (TPSA) is 91.9 Å². The Kier molecular flexibility index (Phi) is 3.75. The quantitative estimate of drug-likeness (QED) is 0.262. The van der Waals surface area contributed by atoms with Crippen LogP contribution in [0.25, 0.3) is 10.4 Å². The number of nitro groups is 1. The van der Waals surface area contributed by atoms with Gasteiger partial charge >= 0.3 is 0 Å². The molecule has 0 N–H and O–H groups in total. The Bertz CT molecular complexity index is 516. The summed E-state index contributed by atoms with van der Waals surface area (Å²) in [5.41, 5.74) is 8.79. The van der Waals surface area contributed by atoms with Crippen molar-refractivity contribution in [3.8, 4) is 0 Å². The van der Waals surface area contributed by atoms with Gasteiger partial charge in [0.2, 0.25) is 0 Å². The smallest absolute Gasteiger partial charge is 0.258 e. The molecular formula is C10H11BrN4O2. The molecule has 0 aromatic heterocycles. The maximum atomic E-state index is 10.9. The van der Waals surface area contributed by atoms with Gasteiger partial charge in [0.05, 0.1) is 4.92 Å². The van der Waals surface area contributed by atoms with Crippen molar-refractivity contribution in [1.29, 1.82) is 0 Å². The second-order valence-electron chi connectivity index (χ2n) is 4.52. The first-order valence-electron chi connectivity index (χ1n) is 4.81. The lowest BCUT2D eigenvalue weighted by Gasteiger charge is -2.19. The molecule has 0 radical (unpaired) electrons. The van der Waals surface area contributed by atoms with E-state index >= 15 is 0 Å². The molecule has 1 aromatic carbocycles. The first-order valence-corrected chi connectivity index (χ1v) is 5.60. The molecule has 0 spiro atoms. The Balaban J connectivity index is 3.57. The average Bonchev–Trinajstić information content (AvgIpc) is 2.18. The maximum absolute atomic E-state index is 10.9. The fourth-order valence-corrected chi connectivity index (χ4v) is 1.83. The van der Waals surface area contributed by atoms with Crippen LogP contribution < -0.4 is 0 Å². The number of benzene rings is 1. The van der Waals surface area contributed by atoms with Crippen LogP contribution in [0, 0.1) is 10.1 Å². The second-order valence-corrected chi connectivity index (χ2v) is 5.38. The fraction of sp³-hybridized carbons (Fsp3) is 0.400. The number of hydrogen-bond acceptors (Lipinski definition) is 3. The van der Waals surface area contributed by atoms with Gasteiger partial charge in [0, 0.05) is 15.5 Å². The molecule has 0 aliphatic rings. The minimum absolute atomic E-state index is 0.00509. The van der Waals surface area contributed by atoms with Gasteiger partial charge in [-0.05, 0) is 22.6 Å². The van der Waals surface area contributed by atoms with Crippen LogP contribution in [0.15, 0.2) is 21.7 Å². The van der Waals surface area contributed by atoms with E-state index in [1.54, 1.807) is 6.07 Å². The van der Waals surface area contributed by atoms with Crippen molar-refractivity contribution >= 4 is 27.3 Å². The predicted octanol–water partition coefficient (Wildman–Crippen LogP) is 4.60. The molecule has 0 bridgehead atoms. The highest BCUT2D eigenvalue weighted by atomic mass is 79.9. The Hall–Kier alpha value is -1.59. The number of halogens is 1. The van der Waals surface area contributed by atoms with Gasteiger partial charge in [-0.3, -0.25) is 10.1 Å². The van der Waals surface area contributed by atoms with Crippen molar-refractivity contribution in [3.05, 3.63) is 42.7 Å². The maximum Gasteiger partial charge on any atom is 0.280 e. The molecule has 0 saturated carbocycles. The van der Waals surface area contributed by atoms with E-state index in [0.717, 1.165) is 5.56 Å². The van der Waals surface area contributed by atoms with E-state index in [9.17, 15) is 10.1 Å². The molecule has 90 valence electrons. The zero-order valence-electron chi connectivity index (χ0n) is 9.64. The summed E-state index contributed by atoms with van der Waals surface area (Å²) < 4.78 is 0.425. The molecule has 17 heavy (non-hydrogen) atoms. The van der Waals surface area contributed by atoms with Gasteiger partial charge in [0.25, 0.3) is 5.69 Å². The number of nitro benzene ring substituents is 1. The summed E-state index contributed by atoms with van der Waals surface area (Å²) in [5.74, 6) is 0. The van der Waals surface area contributed by atoms with Gasteiger partial charge in [0.15, 0.2) is 0 Å².